The van der Waals surface area contributed by atoms with E-state index < -0.39 is 5.60 Å². The number of rotatable bonds is 10. The third-order valence-electron chi connectivity index (χ3n) is 15.6. The Balaban J connectivity index is 0.000000244. The maximum absolute atomic E-state index is 13.3. The van der Waals surface area contributed by atoms with Crippen molar-refractivity contribution in [2.75, 3.05) is 28.4 Å². The first-order chi connectivity index (χ1) is 25.7. The Morgan fingerprint density at radius 2 is 1.00 bits per heavy atom. The standard InChI is InChI=1S/C24H36O4.C24H36O3.CH4/c1-22(2)9-7-10-23(3)20(22)8-11-24(4,26)21(23)15-19(25)16-12-17(27-5)14-18(13-16)28-6;1-16-8-9-22-23(2,3)10-7-11-24(22,4)20(16)15-21(25)17-12-18(26-5)14-19(13-17)27-6;/h12-14,20-21,26H,7-11,15H2,1-6H3;12-14,16,20,22H,7-11,15H2,1-6H3;1H4/t20-,21+,23-,24+;16-,20-,22-,24+;/m00./s1. The molecule has 4 aliphatic rings. The molecule has 4 aliphatic carbocycles. The number of carbonyl (C=O) groups is 2. The minimum absolute atomic E-state index is 0. The monoisotopic (exact) mass is 777 g/mol. The second kappa shape index (κ2) is 17.4. The van der Waals surface area contributed by atoms with Gasteiger partial charge in [-0.25, -0.2) is 0 Å². The van der Waals surface area contributed by atoms with Crippen molar-refractivity contribution in [3.8, 4) is 23.0 Å². The minimum atomic E-state index is -0.822. The van der Waals surface area contributed by atoms with E-state index in [-0.39, 0.29) is 41.2 Å². The van der Waals surface area contributed by atoms with Gasteiger partial charge in [0.05, 0.1) is 34.0 Å². The number of methoxy groups -OCH3 is 4. The lowest BCUT2D eigenvalue weighted by Gasteiger charge is -2.61. The summed E-state index contributed by atoms with van der Waals surface area (Å²) in [5.41, 5.74) is 1.35. The summed E-state index contributed by atoms with van der Waals surface area (Å²) in [6.45, 7) is 18.7. The quantitative estimate of drug-likeness (QED) is 0.240. The molecular formula is C49H76O7. The number of hydrogen-bond donors (Lipinski definition) is 1. The molecule has 7 heteroatoms. The summed E-state index contributed by atoms with van der Waals surface area (Å²) in [4.78, 5) is 26.6. The Labute approximate surface area is 340 Å². The van der Waals surface area contributed by atoms with E-state index in [9.17, 15) is 14.7 Å². The van der Waals surface area contributed by atoms with E-state index in [1.54, 1.807) is 46.6 Å². The molecule has 0 saturated heterocycles. The second-order valence-corrected chi connectivity index (χ2v) is 19.9. The maximum atomic E-state index is 13.3. The molecule has 0 bridgehead atoms. The highest BCUT2D eigenvalue weighted by Crippen LogP contribution is 2.64. The normalized spacial score (nSPS) is 32.8. The lowest BCUT2D eigenvalue weighted by Crippen LogP contribution is -2.58. The van der Waals surface area contributed by atoms with Crippen LogP contribution in [-0.4, -0.2) is 50.7 Å². The van der Waals surface area contributed by atoms with Crippen LogP contribution in [0.2, 0.25) is 0 Å². The van der Waals surface area contributed by atoms with Gasteiger partial charge in [0.1, 0.15) is 23.0 Å². The number of ketones is 2. The molecule has 4 fully saturated rings. The zero-order chi connectivity index (χ0) is 40.6. The van der Waals surface area contributed by atoms with Crippen LogP contribution in [0.5, 0.6) is 23.0 Å². The summed E-state index contributed by atoms with van der Waals surface area (Å²) in [7, 11) is 6.43. The van der Waals surface area contributed by atoms with Gasteiger partial charge in [0.25, 0.3) is 0 Å². The molecule has 0 amide bonds. The molecule has 0 radical (unpaired) electrons. The van der Waals surface area contributed by atoms with E-state index in [2.05, 4.69) is 48.5 Å². The number of carbonyl (C=O) groups excluding carboxylic acids is 2. The fraction of sp³-hybridized carbons (Fsp3) is 0.714. The number of Topliss-reactive ketones (excluding diaryl/α,β-unsaturated/α-hetero) is 2. The van der Waals surface area contributed by atoms with Crippen molar-refractivity contribution in [1.82, 2.24) is 0 Å². The van der Waals surface area contributed by atoms with Crippen molar-refractivity contribution in [3.05, 3.63) is 47.5 Å². The molecule has 56 heavy (non-hydrogen) atoms. The zero-order valence-corrected chi connectivity index (χ0v) is 36.2. The molecule has 0 aliphatic heterocycles. The van der Waals surface area contributed by atoms with Crippen LogP contribution in [-0.2, 0) is 0 Å². The van der Waals surface area contributed by atoms with Gasteiger partial charge in [0.2, 0.25) is 0 Å². The van der Waals surface area contributed by atoms with E-state index in [1.807, 2.05) is 25.1 Å². The molecule has 4 saturated carbocycles. The molecule has 6 rings (SSSR count). The highest BCUT2D eigenvalue weighted by Gasteiger charge is 2.58. The Morgan fingerprint density at radius 1 is 0.589 bits per heavy atom. The first kappa shape index (κ1) is 45.6. The number of benzene rings is 2. The molecule has 2 aromatic rings. The SMILES string of the molecule is C.COc1cc(OC)cc(C(=O)C[C@@H]2[C@@]3(C)CCCC(C)(C)[C@@H]3CC[C@@]2(C)O)c1.COc1cc(OC)cc(C(=O)C[C@H]2[C@@H](C)CC[C@H]3C(C)(C)CCC[C@]23C)c1. The molecule has 0 spiro atoms. The maximum Gasteiger partial charge on any atom is 0.163 e. The summed E-state index contributed by atoms with van der Waals surface area (Å²) in [5.74, 6) is 5.08. The van der Waals surface area contributed by atoms with Crippen LogP contribution in [0.4, 0.5) is 0 Å². The molecule has 8 atom stereocenters. The number of aliphatic hydroxyl groups is 1. The van der Waals surface area contributed by atoms with Crippen LogP contribution < -0.4 is 18.9 Å². The molecule has 314 valence electrons. The van der Waals surface area contributed by atoms with Gasteiger partial charge in [0, 0.05) is 42.0 Å². The summed E-state index contributed by atoms with van der Waals surface area (Å²) in [6.07, 6.45) is 12.6. The Morgan fingerprint density at radius 3 is 1.45 bits per heavy atom. The number of fused-ring (bicyclic) bond motifs is 2. The minimum Gasteiger partial charge on any atom is -0.497 e. The Kier molecular flexibility index (Phi) is 14.2. The van der Waals surface area contributed by atoms with Gasteiger partial charge >= 0.3 is 0 Å². The van der Waals surface area contributed by atoms with E-state index in [0.717, 1.165) is 25.7 Å². The van der Waals surface area contributed by atoms with Crippen molar-refractivity contribution in [2.45, 2.75) is 145 Å². The highest BCUT2D eigenvalue weighted by atomic mass is 16.5. The molecule has 2 aromatic carbocycles. The topological polar surface area (TPSA) is 91.3 Å². The first-order valence-electron chi connectivity index (χ1n) is 21.0. The predicted molar refractivity (Wildman–Crippen MR) is 227 cm³/mol. The van der Waals surface area contributed by atoms with Gasteiger partial charge in [-0.15, -0.1) is 0 Å². The second-order valence-electron chi connectivity index (χ2n) is 19.9. The smallest absolute Gasteiger partial charge is 0.163 e. The van der Waals surface area contributed by atoms with E-state index in [0.29, 0.717) is 76.1 Å². The van der Waals surface area contributed by atoms with Gasteiger partial charge in [-0.3, -0.25) is 9.59 Å². The van der Waals surface area contributed by atoms with Crippen LogP contribution in [0.15, 0.2) is 36.4 Å². The van der Waals surface area contributed by atoms with E-state index in [1.165, 1.54) is 38.5 Å². The average Bonchev–Trinajstić information content (AvgIpc) is 3.13. The molecule has 7 nitrogen and oxygen atoms in total. The van der Waals surface area contributed by atoms with E-state index >= 15 is 0 Å². The summed E-state index contributed by atoms with van der Waals surface area (Å²) < 4.78 is 21.4. The van der Waals surface area contributed by atoms with Crippen LogP contribution in [0.25, 0.3) is 0 Å². The third-order valence-corrected chi connectivity index (χ3v) is 15.6. The highest BCUT2D eigenvalue weighted by molar-refractivity contribution is 5.97. The number of hydrogen-bond acceptors (Lipinski definition) is 7. The van der Waals surface area contributed by atoms with Gasteiger partial charge in [-0.05, 0) is 121 Å². The van der Waals surface area contributed by atoms with Crippen molar-refractivity contribution in [3.63, 3.8) is 0 Å². The third kappa shape index (κ3) is 9.13. The Hall–Kier alpha value is -3.06. The van der Waals surface area contributed by atoms with Gasteiger partial charge < -0.3 is 24.1 Å². The Bertz CT molecular complexity index is 1630. The van der Waals surface area contributed by atoms with Crippen LogP contribution >= 0.6 is 0 Å². The molecule has 0 unspecified atom stereocenters. The van der Waals surface area contributed by atoms with E-state index in [4.69, 9.17) is 18.9 Å². The van der Waals surface area contributed by atoms with Crippen LogP contribution in [0.3, 0.4) is 0 Å². The fourth-order valence-corrected chi connectivity index (χ4v) is 12.7. The molecule has 1 N–H and O–H groups in total. The largest absolute Gasteiger partial charge is 0.497 e. The van der Waals surface area contributed by atoms with Crippen molar-refractivity contribution < 1.29 is 33.6 Å². The van der Waals surface area contributed by atoms with Gasteiger partial charge in [0.15, 0.2) is 11.6 Å². The lowest BCUT2D eigenvalue weighted by molar-refractivity contribution is -0.165. The van der Waals surface area contributed by atoms with Gasteiger partial charge in [-0.2, -0.15) is 0 Å². The number of ether oxygens (including phenoxy) is 4. The van der Waals surface area contributed by atoms with Crippen molar-refractivity contribution in [1.29, 1.82) is 0 Å². The molecular weight excluding hydrogens is 701 g/mol. The van der Waals surface area contributed by atoms with Crippen molar-refractivity contribution >= 4 is 11.6 Å². The van der Waals surface area contributed by atoms with Gasteiger partial charge in [-0.1, -0.05) is 75.2 Å². The predicted octanol–water partition coefficient (Wildman–Crippen LogP) is 12.1. The van der Waals surface area contributed by atoms with Crippen molar-refractivity contribution in [2.24, 2.45) is 51.2 Å². The molecule has 0 aromatic heterocycles. The first-order valence-corrected chi connectivity index (χ1v) is 21.0. The lowest BCUT2D eigenvalue weighted by atomic mass is 9.45. The fourth-order valence-electron chi connectivity index (χ4n) is 12.7. The summed E-state index contributed by atoms with van der Waals surface area (Å²) in [6, 6.07) is 10.8. The average molecular weight is 777 g/mol. The van der Waals surface area contributed by atoms with Crippen LogP contribution in [0.1, 0.15) is 161 Å². The summed E-state index contributed by atoms with van der Waals surface area (Å²) >= 11 is 0. The molecule has 0 heterocycles. The zero-order valence-electron chi connectivity index (χ0n) is 36.2. The summed E-state index contributed by atoms with van der Waals surface area (Å²) in [5, 5.41) is 11.3. The van der Waals surface area contributed by atoms with Crippen LogP contribution in [0, 0.1) is 51.2 Å².